The number of sulfonamides is 1. The maximum absolute atomic E-state index is 11.9. The molecule has 0 aromatic heterocycles. The summed E-state index contributed by atoms with van der Waals surface area (Å²) >= 11 is 0. The highest BCUT2D eigenvalue weighted by Gasteiger charge is 2.24. The average Bonchev–Trinajstić information content (AvgIpc) is 2.78. The standard InChI is InChI=1S/C24H24N4O2S/c1-31(29,30)28-11-10-22-20(16-28)6-3-7-24(22)27-21-9-8-19(15-26)23(13-21)18-5-2-4-17(12-18)14-25/h2-9,12-13,27H,10-11,15-16,26H2,1H3. The van der Waals surface area contributed by atoms with Crippen LogP contribution in [0.15, 0.2) is 60.7 Å². The maximum Gasteiger partial charge on any atom is 0.211 e. The molecule has 0 radical (unpaired) electrons. The van der Waals surface area contributed by atoms with Gasteiger partial charge in [0.1, 0.15) is 0 Å². The number of nitrogens with two attached hydrogens (primary N) is 1. The molecule has 0 unspecified atom stereocenters. The van der Waals surface area contributed by atoms with Crippen LogP contribution in [0.5, 0.6) is 0 Å². The molecule has 3 N–H and O–H groups in total. The topological polar surface area (TPSA) is 99.2 Å². The molecule has 0 bridgehead atoms. The van der Waals surface area contributed by atoms with Gasteiger partial charge in [-0.25, -0.2) is 8.42 Å². The zero-order valence-corrected chi connectivity index (χ0v) is 18.1. The fourth-order valence-electron chi connectivity index (χ4n) is 4.00. The van der Waals surface area contributed by atoms with Crippen LogP contribution >= 0.6 is 0 Å². The zero-order valence-electron chi connectivity index (χ0n) is 17.3. The van der Waals surface area contributed by atoms with Gasteiger partial charge >= 0.3 is 0 Å². The molecule has 0 atom stereocenters. The third-order valence-electron chi connectivity index (χ3n) is 5.61. The summed E-state index contributed by atoms with van der Waals surface area (Å²) in [5.41, 5.74) is 13.5. The van der Waals surface area contributed by atoms with Crippen molar-refractivity contribution in [3.8, 4) is 17.2 Å². The Morgan fingerprint density at radius 3 is 2.68 bits per heavy atom. The van der Waals surface area contributed by atoms with E-state index in [1.807, 2.05) is 54.6 Å². The summed E-state index contributed by atoms with van der Waals surface area (Å²) < 4.78 is 25.4. The second-order valence-corrected chi connectivity index (χ2v) is 9.67. The van der Waals surface area contributed by atoms with Crippen LogP contribution < -0.4 is 11.1 Å². The molecule has 31 heavy (non-hydrogen) atoms. The number of benzene rings is 3. The molecule has 0 aliphatic carbocycles. The van der Waals surface area contributed by atoms with Gasteiger partial charge in [0.05, 0.1) is 17.9 Å². The summed E-state index contributed by atoms with van der Waals surface area (Å²) in [6.07, 6.45) is 1.91. The summed E-state index contributed by atoms with van der Waals surface area (Å²) in [4.78, 5) is 0. The number of rotatable bonds is 5. The van der Waals surface area contributed by atoms with Crippen molar-refractivity contribution in [3.63, 3.8) is 0 Å². The molecule has 1 heterocycles. The van der Waals surface area contributed by atoms with Gasteiger partial charge in [0, 0.05) is 31.0 Å². The van der Waals surface area contributed by atoms with Gasteiger partial charge in [-0.15, -0.1) is 0 Å². The van der Waals surface area contributed by atoms with Crippen molar-refractivity contribution in [2.75, 3.05) is 18.1 Å². The summed E-state index contributed by atoms with van der Waals surface area (Å²) in [6, 6.07) is 21.6. The Labute approximate surface area is 183 Å². The van der Waals surface area contributed by atoms with Crippen molar-refractivity contribution >= 4 is 21.4 Å². The van der Waals surface area contributed by atoms with Crippen molar-refractivity contribution in [2.45, 2.75) is 19.5 Å². The first-order valence-corrected chi connectivity index (χ1v) is 11.9. The second-order valence-electron chi connectivity index (χ2n) is 7.68. The van der Waals surface area contributed by atoms with E-state index in [9.17, 15) is 13.7 Å². The van der Waals surface area contributed by atoms with Crippen molar-refractivity contribution < 1.29 is 8.42 Å². The van der Waals surface area contributed by atoms with Gasteiger partial charge in [0.2, 0.25) is 10.0 Å². The van der Waals surface area contributed by atoms with E-state index in [1.54, 1.807) is 6.07 Å². The van der Waals surface area contributed by atoms with Crippen LogP contribution in [-0.2, 0) is 29.5 Å². The molecule has 158 valence electrons. The highest BCUT2D eigenvalue weighted by Crippen LogP contribution is 2.32. The van der Waals surface area contributed by atoms with Crippen LogP contribution in [-0.4, -0.2) is 25.5 Å². The summed E-state index contributed by atoms with van der Waals surface area (Å²) in [5, 5.41) is 12.7. The van der Waals surface area contributed by atoms with Gasteiger partial charge < -0.3 is 11.1 Å². The van der Waals surface area contributed by atoms with Crippen LogP contribution in [0, 0.1) is 11.3 Å². The van der Waals surface area contributed by atoms with Crippen molar-refractivity contribution in [1.82, 2.24) is 4.31 Å². The molecule has 4 rings (SSSR count). The Bertz CT molecular complexity index is 1280. The molecule has 0 saturated carbocycles. The number of nitrogens with one attached hydrogen (secondary N) is 1. The Balaban J connectivity index is 1.68. The largest absolute Gasteiger partial charge is 0.355 e. The van der Waals surface area contributed by atoms with E-state index < -0.39 is 10.0 Å². The molecular weight excluding hydrogens is 408 g/mol. The van der Waals surface area contributed by atoms with Crippen molar-refractivity contribution in [1.29, 1.82) is 5.26 Å². The number of hydrogen-bond donors (Lipinski definition) is 2. The first-order chi connectivity index (χ1) is 14.9. The first-order valence-electron chi connectivity index (χ1n) is 10.1. The van der Waals surface area contributed by atoms with E-state index in [-0.39, 0.29) is 0 Å². The Hall–Kier alpha value is -3.18. The quantitative estimate of drug-likeness (QED) is 0.640. The highest BCUT2D eigenvalue weighted by molar-refractivity contribution is 7.88. The van der Waals surface area contributed by atoms with E-state index in [0.717, 1.165) is 39.2 Å². The van der Waals surface area contributed by atoms with Crippen LogP contribution in [0.25, 0.3) is 11.1 Å². The van der Waals surface area contributed by atoms with E-state index in [4.69, 9.17) is 5.73 Å². The summed E-state index contributed by atoms with van der Waals surface area (Å²) in [6.45, 7) is 1.26. The smallest absolute Gasteiger partial charge is 0.211 e. The predicted molar refractivity (Wildman–Crippen MR) is 123 cm³/mol. The van der Waals surface area contributed by atoms with Crippen LogP contribution in [0.1, 0.15) is 22.3 Å². The Morgan fingerprint density at radius 1 is 1.13 bits per heavy atom. The lowest BCUT2D eigenvalue weighted by molar-refractivity contribution is 0.395. The van der Waals surface area contributed by atoms with E-state index in [0.29, 0.717) is 31.6 Å². The molecule has 1 aliphatic rings. The Kier molecular flexibility index (Phi) is 5.79. The van der Waals surface area contributed by atoms with E-state index >= 15 is 0 Å². The molecule has 0 spiro atoms. The lowest BCUT2D eigenvalue weighted by Gasteiger charge is -2.28. The van der Waals surface area contributed by atoms with Gasteiger partial charge in [0.15, 0.2) is 0 Å². The third-order valence-corrected chi connectivity index (χ3v) is 6.86. The lowest BCUT2D eigenvalue weighted by atomic mass is 9.96. The van der Waals surface area contributed by atoms with Crippen LogP contribution in [0.2, 0.25) is 0 Å². The molecule has 0 fully saturated rings. The summed E-state index contributed by atoms with van der Waals surface area (Å²) in [5.74, 6) is 0. The zero-order chi connectivity index (χ0) is 22.0. The second kappa shape index (κ2) is 8.52. The molecule has 3 aromatic carbocycles. The number of fused-ring (bicyclic) bond motifs is 1. The van der Waals surface area contributed by atoms with Gasteiger partial charge in [0.25, 0.3) is 0 Å². The molecule has 7 heteroatoms. The SMILES string of the molecule is CS(=O)(=O)N1CCc2c(cccc2Nc2ccc(CN)c(-c3cccc(C#N)c3)c2)C1. The van der Waals surface area contributed by atoms with Gasteiger partial charge in [-0.2, -0.15) is 9.57 Å². The fraction of sp³-hybridized carbons (Fsp3) is 0.208. The third kappa shape index (κ3) is 4.47. The predicted octanol–water partition coefficient (Wildman–Crippen LogP) is 3.75. The van der Waals surface area contributed by atoms with Gasteiger partial charge in [-0.05, 0) is 64.6 Å². The normalized spacial score (nSPS) is 14.0. The van der Waals surface area contributed by atoms with Crippen LogP contribution in [0.3, 0.4) is 0 Å². The number of nitrogens with zero attached hydrogens (tertiary/aromatic N) is 2. The number of anilines is 2. The molecule has 6 nitrogen and oxygen atoms in total. The van der Waals surface area contributed by atoms with Crippen molar-refractivity contribution in [2.24, 2.45) is 5.73 Å². The first kappa shape index (κ1) is 21.1. The van der Waals surface area contributed by atoms with Gasteiger partial charge in [-0.1, -0.05) is 30.3 Å². The molecule has 0 saturated heterocycles. The monoisotopic (exact) mass is 432 g/mol. The van der Waals surface area contributed by atoms with E-state index in [2.05, 4.69) is 11.4 Å². The molecular formula is C24H24N4O2S. The minimum absolute atomic E-state index is 0.391. The minimum atomic E-state index is -3.21. The van der Waals surface area contributed by atoms with Crippen LogP contribution in [0.4, 0.5) is 11.4 Å². The minimum Gasteiger partial charge on any atom is -0.355 e. The number of hydrogen-bond acceptors (Lipinski definition) is 5. The lowest BCUT2D eigenvalue weighted by Crippen LogP contribution is -2.35. The van der Waals surface area contributed by atoms with E-state index in [1.165, 1.54) is 10.6 Å². The van der Waals surface area contributed by atoms with Crippen molar-refractivity contribution in [3.05, 3.63) is 82.9 Å². The molecule has 3 aromatic rings. The molecule has 0 amide bonds. The maximum atomic E-state index is 11.9. The average molecular weight is 433 g/mol. The highest BCUT2D eigenvalue weighted by atomic mass is 32.2. The molecule has 1 aliphatic heterocycles. The summed E-state index contributed by atoms with van der Waals surface area (Å²) in [7, 11) is -3.21. The number of nitriles is 1. The Morgan fingerprint density at radius 2 is 1.94 bits per heavy atom. The van der Waals surface area contributed by atoms with Gasteiger partial charge in [-0.3, -0.25) is 0 Å². The fourth-order valence-corrected chi connectivity index (χ4v) is 4.79.